The van der Waals surface area contributed by atoms with E-state index < -0.39 is 0 Å². The summed E-state index contributed by atoms with van der Waals surface area (Å²) in [7, 11) is 0. The average Bonchev–Trinajstić information content (AvgIpc) is 2.87. The zero-order chi connectivity index (χ0) is 15.5. The molecule has 0 saturated heterocycles. The number of fused-ring (bicyclic) bond motifs is 1. The van der Waals surface area contributed by atoms with Gasteiger partial charge in [-0.2, -0.15) is 5.10 Å². The molecule has 1 amide bonds. The van der Waals surface area contributed by atoms with Crippen LogP contribution in [0.25, 0.3) is 10.2 Å². The van der Waals surface area contributed by atoms with Crippen LogP contribution in [-0.2, 0) is 0 Å². The number of anilines is 1. The first-order valence-electron chi connectivity index (χ1n) is 6.40. The minimum atomic E-state index is -0.301. The van der Waals surface area contributed by atoms with Gasteiger partial charge in [0, 0.05) is 12.4 Å². The van der Waals surface area contributed by atoms with Crippen LogP contribution in [-0.4, -0.2) is 27.1 Å². The van der Waals surface area contributed by atoms with Crippen molar-refractivity contribution < 1.29 is 4.79 Å². The number of pyridine rings is 1. The summed E-state index contributed by atoms with van der Waals surface area (Å²) in [4.78, 5) is 25.4. The molecule has 0 aliphatic carbocycles. The molecule has 3 N–H and O–H groups in total. The monoisotopic (exact) mass is 312 g/mol. The van der Waals surface area contributed by atoms with Crippen LogP contribution in [0.1, 0.15) is 20.8 Å². The molecule has 0 aromatic carbocycles. The fourth-order valence-electron chi connectivity index (χ4n) is 1.98. The van der Waals surface area contributed by atoms with Gasteiger partial charge < -0.3 is 5.73 Å². The molecular formula is C14H12N6OS. The SMILES string of the molecule is Cc1c(C(=O)N/N=C\c2ccncc2)sc2ncnc(N)c12. The molecule has 0 saturated carbocycles. The molecule has 22 heavy (non-hydrogen) atoms. The number of hydrogen-bond acceptors (Lipinski definition) is 7. The number of aryl methyl sites for hydroxylation is 1. The summed E-state index contributed by atoms with van der Waals surface area (Å²) in [6.45, 7) is 1.82. The molecule has 0 aliphatic rings. The normalized spacial score (nSPS) is 11.1. The predicted octanol–water partition coefficient (Wildman–Crippen LogP) is 1.74. The number of nitrogen functional groups attached to an aromatic ring is 1. The number of nitrogens with one attached hydrogen (secondary N) is 1. The highest BCUT2D eigenvalue weighted by Gasteiger charge is 2.17. The van der Waals surface area contributed by atoms with Gasteiger partial charge >= 0.3 is 0 Å². The first kappa shape index (κ1) is 14.1. The van der Waals surface area contributed by atoms with Gasteiger partial charge in [0.2, 0.25) is 0 Å². The zero-order valence-electron chi connectivity index (χ0n) is 11.6. The van der Waals surface area contributed by atoms with Crippen LogP contribution in [0.5, 0.6) is 0 Å². The Morgan fingerprint density at radius 1 is 1.36 bits per heavy atom. The van der Waals surface area contributed by atoms with E-state index in [9.17, 15) is 4.79 Å². The van der Waals surface area contributed by atoms with E-state index in [1.54, 1.807) is 30.7 Å². The molecule has 8 heteroatoms. The first-order chi connectivity index (χ1) is 10.7. The van der Waals surface area contributed by atoms with Crippen molar-refractivity contribution in [3.05, 3.63) is 46.9 Å². The van der Waals surface area contributed by atoms with Crippen molar-refractivity contribution in [2.75, 3.05) is 5.73 Å². The molecular weight excluding hydrogens is 300 g/mol. The number of nitrogens with two attached hydrogens (primary N) is 1. The molecule has 3 aromatic rings. The van der Waals surface area contributed by atoms with Crippen LogP contribution in [0.4, 0.5) is 5.82 Å². The Kier molecular flexibility index (Phi) is 3.75. The van der Waals surface area contributed by atoms with E-state index in [0.29, 0.717) is 15.5 Å². The van der Waals surface area contributed by atoms with E-state index >= 15 is 0 Å². The summed E-state index contributed by atoms with van der Waals surface area (Å²) in [5, 5.41) is 4.66. The van der Waals surface area contributed by atoms with Gasteiger partial charge in [-0.25, -0.2) is 15.4 Å². The molecule has 0 atom stereocenters. The number of amides is 1. The lowest BCUT2D eigenvalue weighted by atomic mass is 10.2. The van der Waals surface area contributed by atoms with Crippen molar-refractivity contribution in [1.29, 1.82) is 0 Å². The Hall–Kier alpha value is -2.87. The van der Waals surface area contributed by atoms with E-state index in [0.717, 1.165) is 16.5 Å². The fourth-order valence-corrected chi connectivity index (χ4v) is 3.03. The number of nitrogens with zero attached hydrogens (tertiary/aromatic N) is 4. The maximum atomic E-state index is 12.2. The maximum absolute atomic E-state index is 12.2. The van der Waals surface area contributed by atoms with E-state index in [2.05, 4.69) is 25.5 Å². The maximum Gasteiger partial charge on any atom is 0.281 e. The molecule has 0 unspecified atom stereocenters. The summed E-state index contributed by atoms with van der Waals surface area (Å²) in [5.41, 5.74) is 9.94. The molecule has 0 bridgehead atoms. The lowest BCUT2D eigenvalue weighted by molar-refractivity contribution is 0.0958. The highest BCUT2D eigenvalue weighted by Crippen LogP contribution is 2.31. The van der Waals surface area contributed by atoms with Gasteiger partial charge in [-0.3, -0.25) is 9.78 Å². The fraction of sp³-hybridized carbons (Fsp3) is 0.0714. The molecule has 7 nitrogen and oxygen atoms in total. The quantitative estimate of drug-likeness (QED) is 0.566. The van der Waals surface area contributed by atoms with Gasteiger partial charge in [0.25, 0.3) is 5.91 Å². The summed E-state index contributed by atoms with van der Waals surface area (Å²) in [6.07, 6.45) is 6.24. The van der Waals surface area contributed by atoms with Crippen molar-refractivity contribution in [2.45, 2.75) is 6.92 Å². The van der Waals surface area contributed by atoms with E-state index in [4.69, 9.17) is 5.73 Å². The lowest BCUT2D eigenvalue weighted by Gasteiger charge is -1.98. The van der Waals surface area contributed by atoms with Gasteiger partial charge in [0.15, 0.2) is 0 Å². The van der Waals surface area contributed by atoms with Crippen molar-refractivity contribution in [3.63, 3.8) is 0 Å². The van der Waals surface area contributed by atoms with E-state index in [1.165, 1.54) is 17.7 Å². The largest absolute Gasteiger partial charge is 0.383 e. The van der Waals surface area contributed by atoms with Crippen molar-refractivity contribution in [3.8, 4) is 0 Å². The van der Waals surface area contributed by atoms with Crippen LogP contribution < -0.4 is 11.2 Å². The minimum Gasteiger partial charge on any atom is -0.383 e. The molecule has 0 spiro atoms. The van der Waals surface area contributed by atoms with Gasteiger partial charge in [-0.1, -0.05) is 0 Å². The molecule has 3 rings (SSSR count). The smallest absolute Gasteiger partial charge is 0.281 e. The van der Waals surface area contributed by atoms with Crippen LogP contribution in [0.15, 0.2) is 36.0 Å². The number of rotatable bonds is 3. The predicted molar refractivity (Wildman–Crippen MR) is 85.9 cm³/mol. The second-order valence-electron chi connectivity index (χ2n) is 4.47. The van der Waals surface area contributed by atoms with Crippen molar-refractivity contribution >= 4 is 39.5 Å². The number of carbonyl (C=O) groups excluding carboxylic acids is 1. The van der Waals surface area contributed by atoms with E-state index in [1.807, 2.05) is 6.92 Å². The number of carbonyl (C=O) groups is 1. The van der Waals surface area contributed by atoms with Gasteiger partial charge in [-0.05, 0) is 30.2 Å². The third kappa shape index (κ3) is 2.63. The van der Waals surface area contributed by atoms with Gasteiger partial charge in [-0.15, -0.1) is 11.3 Å². The second kappa shape index (κ2) is 5.86. The van der Waals surface area contributed by atoms with Gasteiger partial charge in [0.1, 0.15) is 17.0 Å². The van der Waals surface area contributed by atoms with Gasteiger partial charge in [0.05, 0.1) is 16.5 Å². The summed E-state index contributed by atoms with van der Waals surface area (Å²) < 4.78 is 0. The number of thiophene rings is 1. The third-order valence-corrected chi connectivity index (χ3v) is 4.25. The van der Waals surface area contributed by atoms with Crippen molar-refractivity contribution in [1.82, 2.24) is 20.4 Å². The first-order valence-corrected chi connectivity index (χ1v) is 7.21. The standard InChI is InChI=1S/C14H12N6OS/c1-8-10-12(15)17-7-18-14(10)22-11(8)13(21)20-19-6-9-2-4-16-5-3-9/h2-7H,1H3,(H,20,21)(H2,15,17,18)/b19-6-. The number of hydrogen-bond donors (Lipinski definition) is 2. The Balaban J connectivity index is 1.82. The molecule has 0 aliphatic heterocycles. The average molecular weight is 312 g/mol. The highest BCUT2D eigenvalue weighted by molar-refractivity contribution is 7.20. The Morgan fingerprint density at radius 2 is 2.14 bits per heavy atom. The Morgan fingerprint density at radius 3 is 2.86 bits per heavy atom. The molecule has 110 valence electrons. The lowest BCUT2D eigenvalue weighted by Crippen LogP contribution is -2.17. The summed E-state index contributed by atoms with van der Waals surface area (Å²) in [5.74, 6) is 0.0725. The molecule has 3 aromatic heterocycles. The molecule has 3 heterocycles. The Labute approximate surface area is 129 Å². The van der Waals surface area contributed by atoms with E-state index in [-0.39, 0.29) is 5.91 Å². The Bertz CT molecular complexity index is 858. The molecule has 0 fully saturated rings. The highest BCUT2D eigenvalue weighted by atomic mass is 32.1. The summed E-state index contributed by atoms with van der Waals surface area (Å²) >= 11 is 1.27. The van der Waals surface area contributed by atoms with Crippen molar-refractivity contribution in [2.24, 2.45) is 5.10 Å². The second-order valence-corrected chi connectivity index (χ2v) is 5.47. The third-order valence-electron chi connectivity index (χ3n) is 3.05. The van der Waals surface area contributed by atoms with Crippen LogP contribution in [0.3, 0.4) is 0 Å². The van der Waals surface area contributed by atoms with Crippen LogP contribution in [0, 0.1) is 6.92 Å². The topological polar surface area (TPSA) is 106 Å². The number of aromatic nitrogens is 3. The number of hydrazone groups is 1. The zero-order valence-corrected chi connectivity index (χ0v) is 12.5. The molecule has 0 radical (unpaired) electrons. The van der Waals surface area contributed by atoms with Crippen LogP contribution in [0.2, 0.25) is 0 Å². The summed E-state index contributed by atoms with van der Waals surface area (Å²) in [6, 6.07) is 3.58. The minimum absolute atomic E-state index is 0.301. The van der Waals surface area contributed by atoms with Crippen LogP contribution >= 0.6 is 11.3 Å².